The summed E-state index contributed by atoms with van der Waals surface area (Å²) in [7, 11) is 0. The van der Waals surface area contributed by atoms with Gasteiger partial charge in [-0.3, -0.25) is 9.36 Å². The number of carbonyl (C=O) groups excluding carboxylic acids is 1. The number of nitrogens with zero attached hydrogens (tertiary/aromatic N) is 4. The van der Waals surface area contributed by atoms with Gasteiger partial charge in [0.15, 0.2) is 5.16 Å². The average Bonchev–Trinajstić information content (AvgIpc) is 3.48. The van der Waals surface area contributed by atoms with Gasteiger partial charge in [0.2, 0.25) is 11.9 Å². The molecule has 3 heterocycles. The van der Waals surface area contributed by atoms with Gasteiger partial charge in [-0.25, -0.2) is 0 Å². The summed E-state index contributed by atoms with van der Waals surface area (Å²) in [5.41, 5.74) is 2.24. The van der Waals surface area contributed by atoms with E-state index < -0.39 is 0 Å². The highest BCUT2D eigenvalue weighted by molar-refractivity contribution is 7.99. The van der Waals surface area contributed by atoms with Crippen LogP contribution in [-0.4, -0.2) is 46.1 Å². The molecule has 8 heteroatoms. The molecule has 1 aliphatic rings. The lowest BCUT2D eigenvalue weighted by atomic mass is 10.2. The summed E-state index contributed by atoms with van der Waals surface area (Å²) >= 11 is 3.15. The van der Waals surface area contributed by atoms with Crippen LogP contribution in [0, 0.1) is 6.92 Å². The molecule has 0 aliphatic carbocycles. The van der Waals surface area contributed by atoms with Gasteiger partial charge in [-0.15, -0.1) is 21.5 Å². The van der Waals surface area contributed by atoms with Gasteiger partial charge < -0.3 is 10.2 Å². The molecule has 1 N–H and O–H groups in total. The molecular formula is C21H25N5OS2. The third-order valence-electron chi connectivity index (χ3n) is 4.90. The Morgan fingerprint density at radius 3 is 2.69 bits per heavy atom. The van der Waals surface area contributed by atoms with Gasteiger partial charge in [0.1, 0.15) is 0 Å². The summed E-state index contributed by atoms with van der Waals surface area (Å²) in [6.07, 6.45) is 3.22. The maximum Gasteiger partial charge on any atom is 0.232 e. The summed E-state index contributed by atoms with van der Waals surface area (Å²) in [5, 5.41) is 14.7. The number of amides is 1. The number of rotatable bonds is 8. The number of thioether (sulfide) groups is 1. The van der Waals surface area contributed by atoms with Crippen molar-refractivity contribution in [1.29, 1.82) is 0 Å². The van der Waals surface area contributed by atoms with E-state index in [0.717, 1.165) is 36.3 Å². The van der Waals surface area contributed by atoms with Crippen molar-refractivity contribution >= 4 is 35.0 Å². The number of thiophene rings is 1. The zero-order chi connectivity index (χ0) is 20.1. The predicted octanol–water partition coefficient (Wildman–Crippen LogP) is 3.69. The first-order valence-corrected chi connectivity index (χ1v) is 11.8. The molecule has 1 saturated heterocycles. The van der Waals surface area contributed by atoms with Crippen molar-refractivity contribution in [1.82, 2.24) is 20.1 Å². The Balaban J connectivity index is 1.43. The molecule has 0 bridgehead atoms. The van der Waals surface area contributed by atoms with Crippen molar-refractivity contribution in [3.05, 3.63) is 52.2 Å². The molecule has 0 unspecified atom stereocenters. The lowest BCUT2D eigenvalue weighted by Crippen LogP contribution is -2.27. The van der Waals surface area contributed by atoms with Crippen molar-refractivity contribution in [2.75, 3.05) is 30.3 Å². The number of nitrogens with one attached hydrogen (secondary N) is 1. The number of benzene rings is 1. The van der Waals surface area contributed by atoms with Gasteiger partial charge in [0.25, 0.3) is 0 Å². The first kappa shape index (κ1) is 20.0. The number of hydrogen-bond donors (Lipinski definition) is 1. The molecule has 1 fully saturated rings. The molecular weight excluding hydrogens is 402 g/mol. The van der Waals surface area contributed by atoms with Gasteiger partial charge in [0.05, 0.1) is 11.4 Å². The van der Waals surface area contributed by atoms with Crippen molar-refractivity contribution < 1.29 is 4.79 Å². The highest BCUT2D eigenvalue weighted by Gasteiger charge is 2.22. The molecule has 152 valence electrons. The highest BCUT2D eigenvalue weighted by atomic mass is 32.2. The number of anilines is 1. The molecule has 0 spiro atoms. The van der Waals surface area contributed by atoms with Gasteiger partial charge >= 0.3 is 0 Å². The summed E-state index contributed by atoms with van der Waals surface area (Å²) in [6, 6.07) is 12.5. The number of aromatic nitrogens is 3. The Morgan fingerprint density at radius 2 is 1.97 bits per heavy atom. The van der Waals surface area contributed by atoms with E-state index in [1.54, 1.807) is 11.3 Å². The smallest absolute Gasteiger partial charge is 0.232 e. The summed E-state index contributed by atoms with van der Waals surface area (Å²) < 4.78 is 2.08. The fourth-order valence-electron chi connectivity index (χ4n) is 3.36. The van der Waals surface area contributed by atoms with E-state index in [1.165, 1.54) is 35.0 Å². The van der Waals surface area contributed by atoms with Gasteiger partial charge in [-0.1, -0.05) is 35.5 Å². The molecule has 1 amide bonds. The first-order valence-electron chi connectivity index (χ1n) is 9.90. The van der Waals surface area contributed by atoms with Crippen LogP contribution in [0.2, 0.25) is 0 Å². The van der Waals surface area contributed by atoms with Crippen LogP contribution in [0.1, 0.15) is 23.3 Å². The first-order chi connectivity index (χ1) is 14.2. The normalized spacial score (nSPS) is 13.8. The zero-order valence-corrected chi connectivity index (χ0v) is 18.1. The number of hydrogen-bond acceptors (Lipinski definition) is 6. The largest absolute Gasteiger partial charge is 0.355 e. The second-order valence-corrected chi connectivity index (χ2v) is 9.09. The van der Waals surface area contributed by atoms with Crippen LogP contribution in [-0.2, 0) is 11.2 Å². The van der Waals surface area contributed by atoms with Crippen molar-refractivity contribution in [3.63, 3.8) is 0 Å². The van der Waals surface area contributed by atoms with E-state index in [4.69, 9.17) is 0 Å². The van der Waals surface area contributed by atoms with E-state index in [1.807, 2.05) is 6.07 Å². The zero-order valence-electron chi connectivity index (χ0n) is 16.5. The van der Waals surface area contributed by atoms with Crippen LogP contribution in [0.4, 0.5) is 5.95 Å². The van der Waals surface area contributed by atoms with Crippen LogP contribution in [0.3, 0.4) is 0 Å². The van der Waals surface area contributed by atoms with Crippen LogP contribution < -0.4 is 10.2 Å². The lowest BCUT2D eigenvalue weighted by Gasteiger charge is -2.18. The number of carbonyl (C=O) groups is 1. The molecule has 3 aromatic rings. The maximum atomic E-state index is 12.3. The van der Waals surface area contributed by atoms with E-state index in [2.05, 4.69) is 67.6 Å². The summed E-state index contributed by atoms with van der Waals surface area (Å²) in [6.45, 7) is 4.73. The van der Waals surface area contributed by atoms with Crippen molar-refractivity contribution in [2.45, 2.75) is 31.3 Å². The number of aryl methyl sites for hydroxylation is 1. The van der Waals surface area contributed by atoms with E-state index in [9.17, 15) is 4.79 Å². The topological polar surface area (TPSA) is 63.1 Å². The SMILES string of the molecule is Cc1ccc(-n2c(SCC(=O)NCCc3cccs3)nnc2N2CCCC2)cc1. The second-order valence-electron chi connectivity index (χ2n) is 7.12. The maximum absolute atomic E-state index is 12.3. The molecule has 0 atom stereocenters. The molecule has 0 radical (unpaired) electrons. The Kier molecular flexibility index (Phi) is 6.51. The summed E-state index contributed by atoms with van der Waals surface area (Å²) in [5.74, 6) is 1.22. The fourth-order valence-corrected chi connectivity index (χ4v) is 4.84. The third-order valence-corrected chi connectivity index (χ3v) is 6.77. The predicted molar refractivity (Wildman–Crippen MR) is 119 cm³/mol. The quantitative estimate of drug-likeness (QED) is 0.556. The van der Waals surface area contributed by atoms with Crippen LogP contribution in [0.25, 0.3) is 5.69 Å². The standard InChI is InChI=1S/C21H25N5OS2/c1-16-6-8-17(9-7-16)26-20(25-12-2-3-13-25)23-24-21(26)29-15-19(27)22-11-10-18-5-4-14-28-18/h4-9,14H,2-3,10-13,15H2,1H3,(H,22,27). The van der Waals surface area contributed by atoms with Crippen LogP contribution in [0.5, 0.6) is 0 Å². The average molecular weight is 428 g/mol. The minimum Gasteiger partial charge on any atom is -0.355 e. The molecule has 2 aromatic heterocycles. The van der Waals surface area contributed by atoms with E-state index in [-0.39, 0.29) is 5.91 Å². The van der Waals surface area contributed by atoms with Crippen molar-refractivity contribution in [3.8, 4) is 5.69 Å². The van der Waals surface area contributed by atoms with Crippen molar-refractivity contribution in [2.24, 2.45) is 0 Å². The molecule has 6 nitrogen and oxygen atoms in total. The molecule has 0 saturated carbocycles. The minimum absolute atomic E-state index is 0.0211. The lowest BCUT2D eigenvalue weighted by molar-refractivity contribution is -0.118. The van der Waals surface area contributed by atoms with Gasteiger partial charge in [-0.2, -0.15) is 0 Å². The Morgan fingerprint density at radius 1 is 1.17 bits per heavy atom. The molecule has 29 heavy (non-hydrogen) atoms. The monoisotopic (exact) mass is 427 g/mol. The molecule has 4 rings (SSSR count). The summed E-state index contributed by atoms with van der Waals surface area (Å²) in [4.78, 5) is 15.9. The Bertz CT molecular complexity index is 931. The second kappa shape index (κ2) is 9.45. The van der Waals surface area contributed by atoms with Crippen LogP contribution in [0.15, 0.2) is 46.9 Å². The van der Waals surface area contributed by atoms with Gasteiger partial charge in [-0.05, 0) is 49.8 Å². The Labute approximate surface area is 179 Å². The highest BCUT2D eigenvalue weighted by Crippen LogP contribution is 2.28. The van der Waals surface area contributed by atoms with Gasteiger partial charge in [0, 0.05) is 24.5 Å². The van der Waals surface area contributed by atoms with E-state index >= 15 is 0 Å². The molecule has 1 aliphatic heterocycles. The Hall–Kier alpha value is -2.32. The van der Waals surface area contributed by atoms with Crippen LogP contribution >= 0.6 is 23.1 Å². The minimum atomic E-state index is 0.0211. The van der Waals surface area contributed by atoms with E-state index in [0.29, 0.717) is 12.3 Å². The fraction of sp³-hybridized carbons (Fsp3) is 0.381. The third kappa shape index (κ3) is 5.00. The molecule has 1 aromatic carbocycles.